The summed E-state index contributed by atoms with van der Waals surface area (Å²) in [6.07, 6.45) is 3.15. The fourth-order valence-electron chi connectivity index (χ4n) is 2.27. The van der Waals surface area contributed by atoms with Gasteiger partial charge in [-0.15, -0.1) is 0 Å². The molecule has 2 unspecified atom stereocenters. The molecule has 2 atom stereocenters. The summed E-state index contributed by atoms with van der Waals surface area (Å²) in [5.41, 5.74) is 0. The molecule has 1 fully saturated rings. The molecule has 1 aliphatic heterocycles. The zero-order chi connectivity index (χ0) is 13.8. The number of aliphatic hydroxyl groups is 1. The Kier molecular flexibility index (Phi) is 6.04. The summed E-state index contributed by atoms with van der Waals surface area (Å²) in [6, 6.07) is 0. The quantitative estimate of drug-likeness (QED) is 0.790. The number of hydrogen-bond acceptors (Lipinski definition) is 3. The van der Waals surface area contributed by atoms with Gasteiger partial charge >= 0.3 is 0 Å². The maximum Gasteiger partial charge on any atom is 0.281 e. The Morgan fingerprint density at radius 1 is 1.50 bits per heavy atom. The number of rotatable bonds is 6. The highest BCUT2D eigenvalue weighted by Gasteiger charge is 2.32. The van der Waals surface area contributed by atoms with Crippen molar-refractivity contribution in [3.8, 4) is 0 Å². The van der Waals surface area contributed by atoms with E-state index in [0.29, 0.717) is 19.6 Å². The predicted molar refractivity (Wildman–Crippen MR) is 72.4 cm³/mol. The summed E-state index contributed by atoms with van der Waals surface area (Å²) in [5.74, 6) is 0.0631. The maximum atomic E-state index is 12.3. The standard InChI is InChI=1S/C12H26N2O3S/c1-4-5-8-13(3)18(16,17)14-9-6-7-12(10-14)11(2)15/h11-12,15H,4-10H2,1-3H3. The number of aliphatic hydroxyl groups excluding tert-OH is 1. The molecule has 0 radical (unpaired) electrons. The molecule has 0 spiro atoms. The second-order valence-corrected chi connectivity index (χ2v) is 7.22. The van der Waals surface area contributed by atoms with Gasteiger partial charge in [-0.3, -0.25) is 0 Å². The van der Waals surface area contributed by atoms with Gasteiger partial charge in [-0.2, -0.15) is 17.0 Å². The minimum Gasteiger partial charge on any atom is -0.393 e. The van der Waals surface area contributed by atoms with E-state index in [0.717, 1.165) is 25.7 Å². The van der Waals surface area contributed by atoms with Gasteiger partial charge in [0.25, 0.3) is 10.2 Å². The van der Waals surface area contributed by atoms with E-state index >= 15 is 0 Å². The van der Waals surface area contributed by atoms with Gasteiger partial charge in [-0.25, -0.2) is 0 Å². The number of piperidine rings is 1. The van der Waals surface area contributed by atoms with Crippen molar-refractivity contribution in [3.63, 3.8) is 0 Å². The molecule has 5 nitrogen and oxygen atoms in total. The fourth-order valence-corrected chi connectivity index (χ4v) is 3.76. The predicted octanol–water partition coefficient (Wildman–Crippen LogP) is 1.06. The lowest BCUT2D eigenvalue weighted by Gasteiger charge is -2.35. The summed E-state index contributed by atoms with van der Waals surface area (Å²) in [6.45, 7) is 5.36. The van der Waals surface area contributed by atoms with Gasteiger partial charge in [-0.1, -0.05) is 13.3 Å². The highest BCUT2D eigenvalue weighted by Crippen LogP contribution is 2.23. The average molecular weight is 278 g/mol. The molecule has 6 heteroatoms. The Hall–Kier alpha value is -0.170. The molecule has 0 aromatic heterocycles. The smallest absolute Gasteiger partial charge is 0.281 e. The van der Waals surface area contributed by atoms with Crippen LogP contribution in [0.5, 0.6) is 0 Å². The lowest BCUT2D eigenvalue weighted by atomic mass is 9.95. The van der Waals surface area contributed by atoms with Gasteiger partial charge < -0.3 is 5.11 Å². The highest BCUT2D eigenvalue weighted by atomic mass is 32.2. The van der Waals surface area contributed by atoms with Crippen LogP contribution in [-0.2, 0) is 10.2 Å². The van der Waals surface area contributed by atoms with Crippen molar-refractivity contribution in [1.82, 2.24) is 8.61 Å². The van der Waals surface area contributed by atoms with Crippen LogP contribution in [0.3, 0.4) is 0 Å². The molecule has 108 valence electrons. The Morgan fingerprint density at radius 3 is 2.72 bits per heavy atom. The van der Waals surface area contributed by atoms with Gasteiger partial charge in [0.05, 0.1) is 6.10 Å². The monoisotopic (exact) mass is 278 g/mol. The first-order chi connectivity index (χ1) is 8.39. The van der Waals surface area contributed by atoms with E-state index in [-0.39, 0.29) is 5.92 Å². The van der Waals surface area contributed by atoms with Crippen molar-refractivity contribution >= 4 is 10.2 Å². The Morgan fingerprint density at radius 2 is 2.17 bits per heavy atom. The lowest BCUT2D eigenvalue weighted by Crippen LogP contribution is -2.48. The first kappa shape index (κ1) is 15.9. The third kappa shape index (κ3) is 3.91. The molecule has 18 heavy (non-hydrogen) atoms. The Bertz CT molecular complexity index is 343. The molecule has 0 amide bonds. The van der Waals surface area contributed by atoms with Gasteiger partial charge in [-0.05, 0) is 32.1 Å². The number of hydrogen-bond donors (Lipinski definition) is 1. The summed E-state index contributed by atoms with van der Waals surface area (Å²) < 4.78 is 27.6. The second kappa shape index (κ2) is 6.84. The van der Waals surface area contributed by atoms with E-state index in [1.807, 2.05) is 6.92 Å². The summed E-state index contributed by atoms with van der Waals surface area (Å²) >= 11 is 0. The van der Waals surface area contributed by atoms with Gasteiger partial charge in [0.1, 0.15) is 0 Å². The van der Waals surface area contributed by atoms with Crippen LogP contribution in [0.1, 0.15) is 39.5 Å². The first-order valence-corrected chi connectivity index (χ1v) is 8.18. The van der Waals surface area contributed by atoms with Crippen molar-refractivity contribution in [3.05, 3.63) is 0 Å². The topological polar surface area (TPSA) is 60.9 Å². The summed E-state index contributed by atoms with van der Waals surface area (Å²) in [5, 5.41) is 9.61. The second-order valence-electron chi connectivity index (χ2n) is 5.18. The molecule has 1 aliphatic rings. The molecule has 1 heterocycles. The summed E-state index contributed by atoms with van der Waals surface area (Å²) in [7, 11) is -1.71. The minimum absolute atomic E-state index is 0.0631. The molecule has 1 rings (SSSR count). The maximum absolute atomic E-state index is 12.3. The Balaban J connectivity index is 2.66. The van der Waals surface area contributed by atoms with Crippen LogP contribution >= 0.6 is 0 Å². The molecule has 0 aliphatic carbocycles. The number of unbranched alkanes of at least 4 members (excludes halogenated alkanes) is 1. The third-order valence-electron chi connectivity index (χ3n) is 3.65. The van der Waals surface area contributed by atoms with E-state index in [1.54, 1.807) is 14.0 Å². The van der Waals surface area contributed by atoms with Crippen LogP contribution in [0.15, 0.2) is 0 Å². The van der Waals surface area contributed by atoms with Crippen molar-refractivity contribution in [2.24, 2.45) is 5.92 Å². The number of nitrogens with zero attached hydrogens (tertiary/aromatic N) is 2. The molecular weight excluding hydrogens is 252 g/mol. The third-order valence-corrected chi connectivity index (χ3v) is 5.60. The van der Waals surface area contributed by atoms with E-state index in [1.165, 1.54) is 8.61 Å². The van der Waals surface area contributed by atoms with Crippen molar-refractivity contribution in [1.29, 1.82) is 0 Å². The van der Waals surface area contributed by atoms with Gasteiger partial charge in [0.15, 0.2) is 0 Å². The molecule has 1 saturated heterocycles. The van der Waals surface area contributed by atoms with Gasteiger partial charge in [0, 0.05) is 26.7 Å². The lowest BCUT2D eigenvalue weighted by molar-refractivity contribution is 0.0869. The molecule has 1 N–H and O–H groups in total. The van der Waals surface area contributed by atoms with E-state index in [2.05, 4.69) is 0 Å². The largest absolute Gasteiger partial charge is 0.393 e. The molecule has 0 bridgehead atoms. The van der Waals surface area contributed by atoms with Crippen LogP contribution < -0.4 is 0 Å². The van der Waals surface area contributed by atoms with Crippen LogP contribution in [0.25, 0.3) is 0 Å². The van der Waals surface area contributed by atoms with Crippen molar-refractivity contribution in [2.75, 3.05) is 26.7 Å². The normalized spacial score (nSPS) is 24.4. The fraction of sp³-hybridized carbons (Fsp3) is 1.00. The molecule has 0 aromatic carbocycles. The minimum atomic E-state index is -3.35. The van der Waals surface area contributed by atoms with E-state index < -0.39 is 16.3 Å². The van der Waals surface area contributed by atoms with Crippen LogP contribution in [0, 0.1) is 5.92 Å². The van der Waals surface area contributed by atoms with E-state index in [9.17, 15) is 13.5 Å². The molecule has 0 aromatic rings. The molecule has 0 saturated carbocycles. The first-order valence-electron chi connectivity index (χ1n) is 6.79. The highest BCUT2D eigenvalue weighted by molar-refractivity contribution is 7.86. The molecular formula is C12H26N2O3S. The van der Waals surface area contributed by atoms with Crippen LogP contribution in [0.2, 0.25) is 0 Å². The van der Waals surface area contributed by atoms with Crippen LogP contribution in [-0.4, -0.2) is 54.9 Å². The zero-order valence-electron chi connectivity index (χ0n) is 11.7. The summed E-state index contributed by atoms with van der Waals surface area (Å²) in [4.78, 5) is 0. The van der Waals surface area contributed by atoms with E-state index in [4.69, 9.17) is 0 Å². The van der Waals surface area contributed by atoms with Crippen molar-refractivity contribution in [2.45, 2.75) is 45.6 Å². The van der Waals surface area contributed by atoms with Crippen molar-refractivity contribution < 1.29 is 13.5 Å². The SMILES string of the molecule is CCCCN(C)S(=O)(=O)N1CCCC(C(C)O)C1. The Labute approximate surface area is 111 Å². The average Bonchev–Trinajstić information content (AvgIpc) is 2.35. The zero-order valence-corrected chi connectivity index (χ0v) is 12.5. The van der Waals surface area contributed by atoms with Gasteiger partial charge in [0.2, 0.25) is 0 Å². The van der Waals surface area contributed by atoms with Crippen LogP contribution in [0.4, 0.5) is 0 Å².